The molecule has 0 fully saturated rings. The Morgan fingerprint density at radius 3 is 2.46 bits per heavy atom. The summed E-state index contributed by atoms with van der Waals surface area (Å²) in [4.78, 5) is 42.9. The number of aliphatic carboxylic acids is 1. The first-order valence-electron chi connectivity index (χ1n) is 10.5. The van der Waals surface area contributed by atoms with E-state index in [0.717, 1.165) is 19.5 Å². The summed E-state index contributed by atoms with van der Waals surface area (Å²) in [5.41, 5.74) is 2.63. The molecule has 1 aliphatic carbocycles. The summed E-state index contributed by atoms with van der Waals surface area (Å²) in [6, 6.07) is 14.0. The first-order valence-corrected chi connectivity index (χ1v) is 12.4. The summed E-state index contributed by atoms with van der Waals surface area (Å²) in [6.07, 6.45) is 3.12. The second-order valence-electron chi connectivity index (χ2n) is 8.11. The van der Waals surface area contributed by atoms with Crippen LogP contribution < -0.4 is 5.32 Å². The lowest BCUT2D eigenvalue weighted by Crippen LogP contribution is -2.31. The molecule has 0 radical (unpaired) electrons. The van der Waals surface area contributed by atoms with Gasteiger partial charge in [0.05, 0.1) is 27.5 Å². The Labute approximate surface area is 217 Å². The van der Waals surface area contributed by atoms with Gasteiger partial charge in [0.15, 0.2) is 5.01 Å². The Balaban J connectivity index is 1.35. The highest BCUT2D eigenvalue weighted by molar-refractivity contribution is 14.1. The van der Waals surface area contributed by atoms with E-state index in [-0.39, 0.29) is 28.3 Å². The van der Waals surface area contributed by atoms with Crippen molar-refractivity contribution >= 4 is 67.6 Å². The number of nitrogens with zero attached hydrogens (tertiary/aromatic N) is 2. The predicted molar refractivity (Wildman–Crippen MR) is 140 cm³/mol. The standard InChI is InChI=1S/C25H18IN3O5S/c1-29-17-11-18(30)15(25(33)34)10-14(17)20(26)21(29)12-6-8-13(9-7-12)22(31)28-23(32)24-27-16-4-2-3-5-19(16)35-24/h2-11,14,17,30H,1H3,(H,33,34)(H,28,31,32). The van der Waals surface area contributed by atoms with Crippen molar-refractivity contribution < 1.29 is 24.6 Å². The lowest BCUT2D eigenvalue weighted by atomic mass is 9.91. The number of carboxylic acids is 1. The number of hydrogen-bond acceptors (Lipinski definition) is 7. The zero-order valence-electron chi connectivity index (χ0n) is 18.2. The third-order valence-corrected chi connectivity index (χ3v) is 8.27. The molecular formula is C25H18IN3O5S. The van der Waals surface area contributed by atoms with Crippen molar-refractivity contribution in [2.45, 2.75) is 6.04 Å². The summed E-state index contributed by atoms with van der Waals surface area (Å²) < 4.78 is 1.80. The number of hydrogen-bond donors (Lipinski definition) is 3. The second-order valence-corrected chi connectivity index (χ2v) is 10.3. The minimum atomic E-state index is -1.17. The highest BCUT2D eigenvalue weighted by Gasteiger charge is 2.40. The molecule has 2 atom stereocenters. The molecule has 0 saturated heterocycles. The minimum absolute atomic E-state index is 0.111. The number of amides is 2. The molecule has 1 aliphatic heterocycles. The molecule has 0 spiro atoms. The molecule has 0 bridgehead atoms. The monoisotopic (exact) mass is 599 g/mol. The summed E-state index contributed by atoms with van der Waals surface area (Å²) in [7, 11) is 1.87. The highest BCUT2D eigenvalue weighted by Crippen LogP contribution is 2.46. The molecule has 3 N–H and O–H groups in total. The van der Waals surface area contributed by atoms with E-state index >= 15 is 0 Å². The van der Waals surface area contributed by atoms with Crippen LogP contribution in [-0.2, 0) is 4.79 Å². The Morgan fingerprint density at radius 2 is 1.77 bits per heavy atom. The Hall–Kier alpha value is -3.51. The molecule has 176 valence electrons. The summed E-state index contributed by atoms with van der Waals surface area (Å²) in [5.74, 6) is -2.70. The molecule has 8 nitrogen and oxygen atoms in total. The molecule has 10 heteroatoms. The van der Waals surface area contributed by atoms with Gasteiger partial charge in [0.1, 0.15) is 5.76 Å². The van der Waals surface area contributed by atoms with Crippen molar-refractivity contribution in [3.63, 3.8) is 0 Å². The number of rotatable bonds is 4. The number of aliphatic hydroxyl groups is 1. The molecule has 2 heterocycles. The zero-order chi connectivity index (χ0) is 24.9. The van der Waals surface area contributed by atoms with E-state index in [2.05, 4.69) is 32.9 Å². The van der Waals surface area contributed by atoms with Gasteiger partial charge < -0.3 is 15.1 Å². The van der Waals surface area contributed by atoms with E-state index in [1.54, 1.807) is 36.4 Å². The van der Waals surface area contributed by atoms with Crippen molar-refractivity contribution in [2.24, 2.45) is 5.92 Å². The quantitative estimate of drug-likeness (QED) is 0.301. The fourth-order valence-electron chi connectivity index (χ4n) is 4.27. The van der Waals surface area contributed by atoms with Crippen LogP contribution in [0.1, 0.15) is 25.7 Å². The van der Waals surface area contributed by atoms with Gasteiger partial charge in [-0.15, -0.1) is 11.3 Å². The van der Waals surface area contributed by atoms with Crippen molar-refractivity contribution in [1.82, 2.24) is 15.2 Å². The van der Waals surface area contributed by atoms with Crippen LogP contribution in [0.2, 0.25) is 0 Å². The lowest BCUT2D eigenvalue weighted by Gasteiger charge is -2.28. The van der Waals surface area contributed by atoms with Gasteiger partial charge in [-0.3, -0.25) is 14.9 Å². The number of carbonyl (C=O) groups excluding carboxylic acids is 2. The zero-order valence-corrected chi connectivity index (χ0v) is 21.2. The van der Waals surface area contributed by atoms with Crippen LogP contribution in [0.4, 0.5) is 0 Å². The molecule has 35 heavy (non-hydrogen) atoms. The van der Waals surface area contributed by atoms with E-state index in [1.807, 2.05) is 36.2 Å². The number of para-hydroxylation sites is 1. The Kier molecular flexibility index (Phi) is 5.93. The maximum absolute atomic E-state index is 12.7. The Bertz CT molecular complexity index is 1460. The number of halogens is 1. The maximum Gasteiger partial charge on any atom is 0.339 e. The molecule has 2 amide bonds. The second kappa shape index (κ2) is 8.93. The van der Waals surface area contributed by atoms with Crippen molar-refractivity contribution in [2.75, 3.05) is 7.05 Å². The van der Waals surface area contributed by atoms with Crippen LogP contribution in [0.3, 0.4) is 0 Å². The molecule has 2 aromatic carbocycles. The molecule has 2 aliphatic rings. The smallest absolute Gasteiger partial charge is 0.339 e. The normalized spacial score (nSPS) is 19.3. The summed E-state index contributed by atoms with van der Waals surface area (Å²) >= 11 is 3.42. The van der Waals surface area contributed by atoms with Crippen molar-refractivity contribution in [3.05, 3.63) is 91.7 Å². The fraction of sp³-hybridized carbons (Fsp3) is 0.120. The number of nitrogens with one attached hydrogen (secondary N) is 1. The average Bonchev–Trinajstić information content (AvgIpc) is 3.37. The van der Waals surface area contributed by atoms with Gasteiger partial charge >= 0.3 is 5.97 Å². The first kappa shape index (κ1) is 23.2. The number of likely N-dealkylation sites (N-methyl/N-ethyl adjacent to an activating group) is 1. The van der Waals surface area contributed by atoms with Crippen LogP contribution in [0.5, 0.6) is 0 Å². The predicted octanol–water partition coefficient (Wildman–Crippen LogP) is 4.37. The molecule has 0 saturated carbocycles. The number of aliphatic hydroxyl groups excluding tert-OH is 1. The lowest BCUT2D eigenvalue weighted by molar-refractivity contribution is -0.132. The maximum atomic E-state index is 12.7. The van der Waals surface area contributed by atoms with E-state index in [0.29, 0.717) is 11.1 Å². The number of benzene rings is 2. The number of thiazole rings is 1. The molecule has 5 rings (SSSR count). The number of aromatic nitrogens is 1. The minimum Gasteiger partial charge on any atom is -0.507 e. The van der Waals surface area contributed by atoms with Crippen LogP contribution in [0, 0.1) is 5.92 Å². The number of imide groups is 1. The number of carboxylic acid groups (broad SMARTS) is 1. The van der Waals surface area contributed by atoms with E-state index in [9.17, 15) is 24.6 Å². The summed E-state index contributed by atoms with van der Waals surface area (Å²) in [6.45, 7) is 0. The Morgan fingerprint density at radius 1 is 1.06 bits per heavy atom. The van der Waals surface area contributed by atoms with Gasteiger partial charge in [-0.1, -0.05) is 30.3 Å². The molecule has 2 unspecified atom stereocenters. The van der Waals surface area contributed by atoms with Gasteiger partial charge in [-0.2, -0.15) is 0 Å². The molecule has 1 aromatic heterocycles. The van der Waals surface area contributed by atoms with Crippen LogP contribution in [-0.4, -0.2) is 51.0 Å². The third-order valence-electron chi connectivity index (χ3n) is 6.00. The number of carbonyl (C=O) groups is 3. The third kappa shape index (κ3) is 4.12. The van der Waals surface area contributed by atoms with Crippen LogP contribution >= 0.6 is 33.9 Å². The van der Waals surface area contributed by atoms with Crippen LogP contribution in [0.25, 0.3) is 15.9 Å². The van der Waals surface area contributed by atoms with Gasteiger partial charge in [-0.25, -0.2) is 9.78 Å². The largest absolute Gasteiger partial charge is 0.507 e. The summed E-state index contributed by atoms with van der Waals surface area (Å²) in [5, 5.41) is 22.1. The van der Waals surface area contributed by atoms with Crippen molar-refractivity contribution in [1.29, 1.82) is 0 Å². The highest BCUT2D eigenvalue weighted by atomic mass is 127. The molecular weight excluding hydrogens is 581 g/mol. The molecule has 3 aromatic rings. The van der Waals surface area contributed by atoms with Crippen molar-refractivity contribution in [3.8, 4) is 0 Å². The van der Waals surface area contributed by atoms with E-state index in [1.165, 1.54) is 11.3 Å². The van der Waals surface area contributed by atoms with Gasteiger partial charge in [-0.05, 0) is 58.5 Å². The SMILES string of the molecule is CN1C(c2ccc(C(=O)NC(=O)c3nc4ccccc4s3)cc2)=C(I)C2C=C(C(=O)O)C(O)=CC21. The fourth-order valence-corrected chi connectivity index (χ4v) is 6.37. The number of fused-ring (bicyclic) bond motifs is 2. The van der Waals surface area contributed by atoms with Gasteiger partial charge in [0, 0.05) is 22.1 Å². The van der Waals surface area contributed by atoms with Gasteiger partial charge in [0.25, 0.3) is 11.8 Å². The van der Waals surface area contributed by atoms with Crippen LogP contribution in [0.15, 0.2) is 75.6 Å². The van der Waals surface area contributed by atoms with Gasteiger partial charge in [0.2, 0.25) is 0 Å². The van der Waals surface area contributed by atoms with E-state index in [4.69, 9.17) is 0 Å². The topological polar surface area (TPSA) is 120 Å². The first-order chi connectivity index (χ1) is 16.7. The van der Waals surface area contributed by atoms with E-state index < -0.39 is 17.8 Å². The average molecular weight is 599 g/mol.